The molecule has 1 N–H and O–H groups in total. The lowest BCUT2D eigenvalue weighted by molar-refractivity contribution is -0.146. The lowest BCUT2D eigenvalue weighted by Gasteiger charge is -2.16. The molecule has 1 aliphatic heterocycles. The number of ether oxygens (including phenoxy) is 2. The zero-order chi connectivity index (χ0) is 18.1. The van der Waals surface area contributed by atoms with E-state index in [-0.39, 0.29) is 12.2 Å². The summed E-state index contributed by atoms with van der Waals surface area (Å²) in [5.41, 5.74) is -1.19. The third-order valence-corrected chi connectivity index (χ3v) is 4.04. The summed E-state index contributed by atoms with van der Waals surface area (Å²) in [6.07, 6.45) is 9.34. The van der Waals surface area contributed by atoms with Crippen molar-refractivity contribution in [3.05, 3.63) is 12.7 Å². The van der Waals surface area contributed by atoms with Crippen molar-refractivity contribution in [1.82, 2.24) is 0 Å². The molecule has 0 aliphatic carbocycles. The Balaban J connectivity index is 2.50. The van der Waals surface area contributed by atoms with Crippen LogP contribution in [0, 0.1) is 23.7 Å². The fraction of sp³-hybridized carbons (Fsp3) is 0.714. The molecule has 0 aromatic rings. The molecule has 0 aromatic heterocycles. The van der Waals surface area contributed by atoms with Crippen molar-refractivity contribution in [3.63, 3.8) is 0 Å². The Kier molecular flexibility index (Phi) is 8.57. The van der Waals surface area contributed by atoms with Gasteiger partial charge in [0, 0.05) is 6.42 Å². The second kappa shape index (κ2) is 9.90. The van der Waals surface area contributed by atoms with Gasteiger partial charge in [-0.2, -0.15) is 0 Å². The van der Waals surface area contributed by atoms with E-state index in [2.05, 4.69) is 37.2 Å². The average molecular weight is 332 g/mol. The number of hydrogen-bond donors (Lipinski definition) is 1. The van der Waals surface area contributed by atoms with Crippen molar-refractivity contribution < 1.29 is 14.6 Å². The highest BCUT2D eigenvalue weighted by Crippen LogP contribution is 2.32. The van der Waals surface area contributed by atoms with E-state index >= 15 is 0 Å². The fourth-order valence-corrected chi connectivity index (χ4v) is 2.68. The first-order valence-corrected chi connectivity index (χ1v) is 9.01. The van der Waals surface area contributed by atoms with Gasteiger partial charge in [0.05, 0.1) is 12.2 Å². The Morgan fingerprint density at radius 3 is 2.46 bits per heavy atom. The minimum atomic E-state index is -1.19. The fourth-order valence-electron chi connectivity index (χ4n) is 2.68. The first kappa shape index (κ1) is 20.8. The van der Waals surface area contributed by atoms with Gasteiger partial charge in [0.1, 0.15) is 5.60 Å². The van der Waals surface area contributed by atoms with E-state index in [1.807, 2.05) is 13.8 Å². The first-order chi connectivity index (χ1) is 11.3. The maximum absolute atomic E-state index is 9.70. The van der Waals surface area contributed by atoms with Crippen molar-refractivity contribution in [3.8, 4) is 23.7 Å². The zero-order valence-electron chi connectivity index (χ0n) is 15.7. The normalized spacial score (nSPS) is 24.2. The first-order valence-electron chi connectivity index (χ1n) is 9.01. The van der Waals surface area contributed by atoms with Gasteiger partial charge in [0.15, 0.2) is 5.79 Å². The highest BCUT2D eigenvalue weighted by molar-refractivity contribution is 5.31. The molecule has 0 radical (unpaired) electrons. The lowest BCUT2D eigenvalue weighted by Crippen LogP contribution is -2.22. The molecule has 3 nitrogen and oxygen atoms in total. The Labute approximate surface area is 147 Å². The Morgan fingerprint density at radius 1 is 1.12 bits per heavy atom. The molecule has 0 saturated carbocycles. The van der Waals surface area contributed by atoms with Gasteiger partial charge in [-0.05, 0) is 45.1 Å². The number of hydrogen-bond acceptors (Lipinski definition) is 3. The predicted molar refractivity (Wildman–Crippen MR) is 98.2 cm³/mol. The molecular weight excluding hydrogens is 300 g/mol. The van der Waals surface area contributed by atoms with Gasteiger partial charge in [0.25, 0.3) is 0 Å². The predicted octanol–water partition coefficient (Wildman–Crippen LogP) is 4.20. The molecule has 24 heavy (non-hydrogen) atoms. The summed E-state index contributed by atoms with van der Waals surface area (Å²) in [4.78, 5) is 0. The largest absolute Gasteiger partial charge is 0.374 e. The van der Waals surface area contributed by atoms with Crippen molar-refractivity contribution in [2.45, 2.75) is 96.2 Å². The summed E-state index contributed by atoms with van der Waals surface area (Å²) in [5, 5.41) is 9.70. The molecule has 3 heteroatoms. The van der Waals surface area contributed by atoms with Crippen molar-refractivity contribution in [2.75, 3.05) is 0 Å². The molecule has 0 aromatic carbocycles. The molecule has 0 bridgehead atoms. The van der Waals surface area contributed by atoms with Crippen LogP contribution < -0.4 is 0 Å². The van der Waals surface area contributed by atoms with E-state index in [0.29, 0.717) is 6.42 Å². The van der Waals surface area contributed by atoms with Crippen LogP contribution in [0.3, 0.4) is 0 Å². The van der Waals surface area contributed by atoms with Gasteiger partial charge in [-0.1, -0.05) is 57.4 Å². The van der Waals surface area contributed by atoms with Crippen LogP contribution >= 0.6 is 0 Å². The van der Waals surface area contributed by atoms with Crippen molar-refractivity contribution in [2.24, 2.45) is 0 Å². The molecule has 134 valence electrons. The summed E-state index contributed by atoms with van der Waals surface area (Å²) < 4.78 is 12.0. The van der Waals surface area contributed by atoms with Crippen molar-refractivity contribution in [1.29, 1.82) is 0 Å². The lowest BCUT2D eigenvalue weighted by atomic mass is 10.0. The van der Waals surface area contributed by atoms with Crippen LogP contribution in [0.25, 0.3) is 0 Å². The summed E-state index contributed by atoms with van der Waals surface area (Å²) in [6, 6.07) is 0. The van der Waals surface area contributed by atoms with E-state index in [0.717, 1.165) is 12.8 Å². The monoisotopic (exact) mass is 332 g/mol. The van der Waals surface area contributed by atoms with Gasteiger partial charge in [-0.3, -0.25) is 0 Å². The van der Waals surface area contributed by atoms with E-state index < -0.39 is 11.4 Å². The van der Waals surface area contributed by atoms with E-state index in [9.17, 15) is 5.11 Å². The van der Waals surface area contributed by atoms with Gasteiger partial charge >= 0.3 is 0 Å². The van der Waals surface area contributed by atoms with Gasteiger partial charge in [-0.25, -0.2) is 0 Å². The summed E-state index contributed by atoms with van der Waals surface area (Å²) in [6.45, 7) is 11.2. The zero-order valence-corrected chi connectivity index (χ0v) is 15.7. The van der Waals surface area contributed by atoms with E-state index in [1.165, 1.54) is 31.8 Å². The second-order valence-corrected chi connectivity index (χ2v) is 7.02. The summed E-state index contributed by atoms with van der Waals surface area (Å²) >= 11 is 0. The smallest absolute Gasteiger partial charge is 0.163 e. The topological polar surface area (TPSA) is 38.7 Å². The molecule has 0 unspecified atom stereocenters. The minimum absolute atomic E-state index is 0.0135. The van der Waals surface area contributed by atoms with E-state index in [1.54, 1.807) is 6.92 Å². The molecule has 1 fully saturated rings. The molecule has 3 atom stereocenters. The summed E-state index contributed by atoms with van der Waals surface area (Å²) in [7, 11) is 0. The maximum atomic E-state index is 9.70. The number of rotatable bonds is 8. The van der Waals surface area contributed by atoms with Crippen LogP contribution in [-0.2, 0) is 9.47 Å². The third kappa shape index (κ3) is 8.02. The van der Waals surface area contributed by atoms with Crippen LogP contribution in [-0.4, -0.2) is 28.7 Å². The quantitative estimate of drug-likeness (QED) is 0.411. The Bertz CT molecular complexity index is 511. The van der Waals surface area contributed by atoms with E-state index in [4.69, 9.17) is 9.47 Å². The van der Waals surface area contributed by atoms with Gasteiger partial charge in [0.2, 0.25) is 0 Å². The Hall–Kier alpha value is -1.26. The average Bonchev–Trinajstić information content (AvgIpc) is 2.81. The molecule has 1 saturated heterocycles. The Morgan fingerprint density at radius 2 is 1.79 bits per heavy atom. The molecule has 0 amide bonds. The molecule has 1 heterocycles. The molecule has 0 spiro atoms. The molecule has 1 aliphatic rings. The van der Waals surface area contributed by atoms with Crippen molar-refractivity contribution >= 4 is 0 Å². The van der Waals surface area contributed by atoms with Crippen LogP contribution in [0.1, 0.15) is 72.6 Å². The SMILES string of the molecule is C=C[C@](C)(O)C#CC#CC[C@H]1OC(C)(C)O[C@@H]1CCCCCCC. The van der Waals surface area contributed by atoms with Crippen LogP contribution in [0.5, 0.6) is 0 Å². The highest BCUT2D eigenvalue weighted by Gasteiger charge is 2.40. The third-order valence-electron chi connectivity index (χ3n) is 4.04. The van der Waals surface area contributed by atoms with Gasteiger partial charge in [-0.15, -0.1) is 0 Å². The maximum Gasteiger partial charge on any atom is 0.163 e. The van der Waals surface area contributed by atoms with Crippen LogP contribution in [0.15, 0.2) is 12.7 Å². The molecule has 1 rings (SSSR count). The van der Waals surface area contributed by atoms with Crippen LogP contribution in [0.4, 0.5) is 0 Å². The van der Waals surface area contributed by atoms with Crippen LogP contribution in [0.2, 0.25) is 0 Å². The minimum Gasteiger partial charge on any atom is -0.374 e. The second-order valence-electron chi connectivity index (χ2n) is 7.02. The number of aliphatic hydroxyl groups is 1. The van der Waals surface area contributed by atoms with Gasteiger partial charge < -0.3 is 14.6 Å². The highest BCUT2D eigenvalue weighted by atomic mass is 16.7. The molecular formula is C21H32O3. The standard InChI is InChI=1S/C21H32O3/c1-6-8-9-10-12-15-18-19(24-20(3,4)23-18)16-13-11-14-17-21(5,22)7-2/h7,18-19,22H,2,6,8-10,12,15-16H2,1,3-5H3/t18-,19-,21+/m1/s1. The summed E-state index contributed by atoms with van der Waals surface area (Å²) in [5.74, 6) is 10.6. The number of unbranched alkanes of at least 4 members (excludes halogenated alkanes) is 4.